The van der Waals surface area contributed by atoms with Crippen molar-refractivity contribution in [1.82, 2.24) is 10.3 Å². The third-order valence-corrected chi connectivity index (χ3v) is 7.05. The Morgan fingerprint density at radius 1 is 1.07 bits per heavy atom. The van der Waals surface area contributed by atoms with Gasteiger partial charge in [0.25, 0.3) is 11.8 Å². The first-order valence-electron chi connectivity index (χ1n) is 9.94. The Bertz CT molecular complexity index is 1060. The molecule has 2 aromatic heterocycles. The third-order valence-electron chi connectivity index (χ3n) is 5.13. The number of thioether (sulfide) groups is 1. The zero-order chi connectivity index (χ0) is 20.9. The predicted molar refractivity (Wildman–Crippen MR) is 123 cm³/mol. The smallest absolute Gasteiger partial charge is 0.259 e. The molecule has 154 valence electrons. The molecule has 0 saturated heterocycles. The number of aryl methyl sites for hydroxylation is 1. The Kier molecular flexibility index (Phi) is 6.50. The molecular weight excluding hydrogens is 414 g/mol. The molecule has 5 nitrogen and oxygen atoms in total. The number of rotatable bonds is 6. The molecule has 0 spiro atoms. The number of thiophene rings is 1. The second kappa shape index (κ2) is 9.45. The van der Waals surface area contributed by atoms with Gasteiger partial charge in [0.05, 0.1) is 11.1 Å². The monoisotopic (exact) mass is 437 g/mol. The van der Waals surface area contributed by atoms with E-state index in [9.17, 15) is 9.59 Å². The van der Waals surface area contributed by atoms with Crippen LogP contribution < -0.4 is 10.6 Å². The highest BCUT2D eigenvalue weighted by Crippen LogP contribution is 2.38. The zero-order valence-electron chi connectivity index (χ0n) is 16.7. The lowest BCUT2D eigenvalue weighted by Crippen LogP contribution is -2.25. The second-order valence-corrected chi connectivity index (χ2v) is 9.00. The van der Waals surface area contributed by atoms with Crippen LogP contribution in [0.25, 0.3) is 0 Å². The number of carbonyl (C=O) groups is 2. The number of pyridine rings is 1. The highest BCUT2D eigenvalue weighted by Gasteiger charge is 2.27. The number of carbonyl (C=O) groups excluding carboxylic acids is 2. The summed E-state index contributed by atoms with van der Waals surface area (Å²) in [5, 5.41) is 7.34. The van der Waals surface area contributed by atoms with Gasteiger partial charge in [0.1, 0.15) is 10.0 Å². The fourth-order valence-corrected chi connectivity index (χ4v) is 5.49. The van der Waals surface area contributed by atoms with Gasteiger partial charge in [0.2, 0.25) is 0 Å². The lowest BCUT2D eigenvalue weighted by Gasteiger charge is -2.13. The van der Waals surface area contributed by atoms with Crippen LogP contribution >= 0.6 is 23.1 Å². The van der Waals surface area contributed by atoms with E-state index in [0.717, 1.165) is 36.8 Å². The van der Waals surface area contributed by atoms with Gasteiger partial charge < -0.3 is 10.6 Å². The summed E-state index contributed by atoms with van der Waals surface area (Å²) in [4.78, 5) is 31.6. The molecule has 0 fully saturated rings. The Morgan fingerprint density at radius 3 is 2.67 bits per heavy atom. The quantitative estimate of drug-likeness (QED) is 0.537. The van der Waals surface area contributed by atoms with Crippen molar-refractivity contribution in [2.24, 2.45) is 0 Å². The number of anilines is 1. The van der Waals surface area contributed by atoms with Crippen LogP contribution in [0.2, 0.25) is 0 Å². The minimum absolute atomic E-state index is 0.134. The predicted octanol–water partition coefficient (Wildman–Crippen LogP) is 4.93. The topological polar surface area (TPSA) is 71.1 Å². The van der Waals surface area contributed by atoms with E-state index in [4.69, 9.17) is 0 Å². The zero-order valence-corrected chi connectivity index (χ0v) is 18.4. The maximum Gasteiger partial charge on any atom is 0.259 e. The number of aromatic nitrogens is 1. The van der Waals surface area contributed by atoms with Gasteiger partial charge in [-0.15, -0.1) is 23.1 Å². The number of fused-ring (bicyclic) bond motifs is 1. The van der Waals surface area contributed by atoms with Gasteiger partial charge in [-0.3, -0.25) is 9.59 Å². The molecule has 1 aromatic carbocycles. The Hall–Kier alpha value is -2.64. The van der Waals surface area contributed by atoms with E-state index < -0.39 is 0 Å². The van der Waals surface area contributed by atoms with Crippen LogP contribution in [-0.4, -0.2) is 23.1 Å². The first-order valence-corrected chi connectivity index (χ1v) is 12.0. The molecule has 30 heavy (non-hydrogen) atoms. The van der Waals surface area contributed by atoms with Gasteiger partial charge in [-0.25, -0.2) is 4.98 Å². The molecule has 4 rings (SSSR count). The Morgan fingerprint density at radius 2 is 1.87 bits per heavy atom. The molecule has 2 heterocycles. The molecular formula is C23H23N3O2S2. The summed E-state index contributed by atoms with van der Waals surface area (Å²) in [7, 11) is 0. The van der Waals surface area contributed by atoms with Gasteiger partial charge in [0.15, 0.2) is 0 Å². The van der Waals surface area contributed by atoms with Crippen LogP contribution in [0.15, 0.2) is 53.7 Å². The lowest BCUT2D eigenvalue weighted by atomic mass is 9.95. The highest BCUT2D eigenvalue weighted by molar-refractivity contribution is 7.98. The average molecular weight is 438 g/mol. The third kappa shape index (κ3) is 4.42. The molecule has 0 saturated carbocycles. The molecule has 3 aromatic rings. The van der Waals surface area contributed by atoms with E-state index in [1.807, 2.05) is 36.6 Å². The maximum absolute atomic E-state index is 13.1. The normalized spacial score (nSPS) is 12.8. The molecule has 0 unspecified atom stereocenters. The summed E-state index contributed by atoms with van der Waals surface area (Å²) in [5.74, 6) is -0.368. The number of hydrogen-bond donors (Lipinski definition) is 2. The number of nitrogens with one attached hydrogen (secondary N) is 2. The molecule has 2 N–H and O–H groups in total. The van der Waals surface area contributed by atoms with Gasteiger partial charge in [0, 0.05) is 17.6 Å². The Labute approximate surface area is 184 Å². The minimum Gasteiger partial charge on any atom is -0.348 e. The highest BCUT2D eigenvalue weighted by atomic mass is 32.2. The summed E-state index contributed by atoms with van der Waals surface area (Å²) in [5.41, 5.74) is 3.27. The molecule has 0 aliphatic heterocycles. The van der Waals surface area contributed by atoms with Crippen LogP contribution in [0, 0.1) is 0 Å². The molecule has 1 aliphatic carbocycles. The summed E-state index contributed by atoms with van der Waals surface area (Å²) < 4.78 is 0. The van der Waals surface area contributed by atoms with Crippen LogP contribution in [-0.2, 0) is 19.4 Å². The van der Waals surface area contributed by atoms with Crippen LogP contribution in [0.1, 0.15) is 49.6 Å². The van der Waals surface area contributed by atoms with Gasteiger partial charge >= 0.3 is 0 Å². The van der Waals surface area contributed by atoms with E-state index in [1.54, 1.807) is 18.3 Å². The fourth-order valence-electron chi connectivity index (χ4n) is 3.66. The summed E-state index contributed by atoms with van der Waals surface area (Å²) in [6, 6.07) is 13.3. The van der Waals surface area contributed by atoms with Crippen molar-refractivity contribution < 1.29 is 9.59 Å². The fraction of sp³-hybridized carbons (Fsp3) is 0.261. The van der Waals surface area contributed by atoms with E-state index in [1.165, 1.54) is 28.0 Å². The minimum atomic E-state index is -0.233. The molecule has 0 radical (unpaired) electrons. The summed E-state index contributed by atoms with van der Waals surface area (Å²) in [6.07, 6.45) is 7.58. The van der Waals surface area contributed by atoms with Crippen LogP contribution in [0.4, 0.5) is 5.00 Å². The van der Waals surface area contributed by atoms with Crippen molar-refractivity contribution in [3.63, 3.8) is 0 Å². The largest absolute Gasteiger partial charge is 0.348 e. The molecule has 1 aliphatic rings. The number of benzene rings is 1. The second-order valence-electron chi connectivity index (χ2n) is 7.10. The van der Waals surface area contributed by atoms with Crippen molar-refractivity contribution in [3.05, 3.63) is 75.8 Å². The van der Waals surface area contributed by atoms with Gasteiger partial charge in [-0.2, -0.15) is 0 Å². The van der Waals surface area contributed by atoms with E-state index in [2.05, 4.69) is 15.6 Å². The lowest BCUT2D eigenvalue weighted by molar-refractivity contribution is 0.0951. The first kappa shape index (κ1) is 20.6. The summed E-state index contributed by atoms with van der Waals surface area (Å²) >= 11 is 2.96. The SMILES string of the molecule is CSc1ncccc1C(=O)Nc1sc2c(c1C(=O)NCc1ccccc1)CCCC2. The van der Waals surface area contributed by atoms with Crippen molar-refractivity contribution in [1.29, 1.82) is 0 Å². The average Bonchev–Trinajstić information content (AvgIpc) is 3.16. The molecule has 7 heteroatoms. The number of nitrogens with zero attached hydrogens (tertiary/aromatic N) is 1. The van der Waals surface area contributed by atoms with E-state index >= 15 is 0 Å². The molecule has 0 atom stereocenters. The van der Waals surface area contributed by atoms with Crippen LogP contribution in [0.5, 0.6) is 0 Å². The van der Waals surface area contributed by atoms with Crippen molar-refractivity contribution in [2.45, 2.75) is 37.3 Å². The Balaban J connectivity index is 1.60. The van der Waals surface area contributed by atoms with Crippen LogP contribution in [0.3, 0.4) is 0 Å². The molecule has 2 amide bonds. The van der Waals surface area contributed by atoms with Crippen molar-refractivity contribution in [3.8, 4) is 0 Å². The van der Waals surface area contributed by atoms with Gasteiger partial charge in [-0.05, 0) is 55.2 Å². The summed E-state index contributed by atoms with van der Waals surface area (Å²) in [6.45, 7) is 0.455. The van der Waals surface area contributed by atoms with E-state index in [0.29, 0.717) is 27.7 Å². The van der Waals surface area contributed by atoms with E-state index in [-0.39, 0.29) is 11.8 Å². The standard InChI is InChI=1S/C23H23N3O2S2/c1-29-22-17(11-7-13-24-22)20(27)26-23-19(16-10-5-6-12-18(16)30-23)21(28)25-14-15-8-3-2-4-9-15/h2-4,7-9,11,13H,5-6,10,12,14H2,1H3,(H,25,28)(H,26,27). The molecule has 0 bridgehead atoms. The number of hydrogen-bond acceptors (Lipinski definition) is 5. The maximum atomic E-state index is 13.1. The van der Waals surface area contributed by atoms with Gasteiger partial charge in [-0.1, -0.05) is 30.3 Å². The van der Waals surface area contributed by atoms with Crippen molar-refractivity contribution >= 4 is 39.9 Å². The van der Waals surface area contributed by atoms with Crippen molar-refractivity contribution in [2.75, 3.05) is 11.6 Å². The number of amides is 2. The first-order chi connectivity index (χ1) is 14.7.